The molecule has 0 fully saturated rings. The molecule has 0 heterocycles. The topological polar surface area (TPSA) is 82.1 Å². The van der Waals surface area contributed by atoms with Gasteiger partial charge in [-0.25, -0.2) is 9.59 Å². The van der Waals surface area contributed by atoms with E-state index in [1.54, 1.807) is 60.7 Å². The summed E-state index contributed by atoms with van der Waals surface area (Å²) < 4.78 is 16.5. The van der Waals surface area contributed by atoms with Crippen LogP contribution in [0.4, 0.5) is 0 Å². The molecule has 0 aromatic heterocycles. The second-order valence-corrected chi connectivity index (χ2v) is 8.32. The number of ether oxygens (including phenoxy) is 3. The monoisotopic (exact) mass is 488 g/mol. The van der Waals surface area contributed by atoms with Crippen LogP contribution in [-0.2, 0) is 9.53 Å². The van der Waals surface area contributed by atoms with Gasteiger partial charge in [0, 0.05) is 11.6 Å². The minimum atomic E-state index is -0.459. The third-order valence-electron chi connectivity index (χ3n) is 5.71. The van der Waals surface area contributed by atoms with Crippen molar-refractivity contribution in [3.8, 4) is 28.4 Å². The first kappa shape index (κ1) is 26.5. The highest BCUT2D eigenvalue weighted by Crippen LogP contribution is 2.30. The fourth-order valence-corrected chi connectivity index (χ4v) is 3.67. The number of aromatic hydroxyl groups is 1. The van der Waals surface area contributed by atoms with E-state index < -0.39 is 5.97 Å². The lowest BCUT2D eigenvalue weighted by Gasteiger charge is -2.14. The maximum absolute atomic E-state index is 12.5. The molecule has 0 aliphatic carbocycles. The Labute approximate surface area is 212 Å². The Bertz CT molecular complexity index is 1130. The molecule has 0 aliphatic rings. The number of hydrogen-bond acceptors (Lipinski definition) is 6. The fraction of sp³-hybridized carbons (Fsp3) is 0.267. The molecule has 1 N–H and O–H groups in total. The lowest BCUT2D eigenvalue weighted by molar-refractivity contribution is -0.143. The number of phenolic OH excluding ortho intramolecular Hbond substituents is 1. The predicted molar refractivity (Wildman–Crippen MR) is 139 cm³/mol. The molecular weight excluding hydrogens is 456 g/mol. The van der Waals surface area contributed by atoms with Gasteiger partial charge >= 0.3 is 11.9 Å². The van der Waals surface area contributed by atoms with Gasteiger partial charge in [0.2, 0.25) is 0 Å². The van der Waals surface area contributed by atoms with Gasteiger partial charge in [-0.3, -0.25) is 0 Å². The van der Waals surface area contributed by atoms with E-state index in [0.29, 0.717) is 29.2 Å². The van der Waals surface area contributed by atoms with Crippen LogP contribution >= 0.6 is 0 Å². The molecule has 0 saturated heterocycles. The van der Waals surface area contributed by atoms with E-state index in [4.69, 9.17) is 14.2 Å². The number of benzene rings is 3. The number of carbonyl (C=O) groups excluding carboxylic acids is 2. The molecule has 0 aliphatic heterocycles. The smallest absolute Gasteiger partial charge is 0.343 e. The van der Waals surface area contributed by atoms with Crippen LogP contribution in [0, 0.1) is 0 Å². The molecule has 3 aromatic rings. The summed E-state index contributed by atoms with van der Waals surface area (Å²) in [5, 5.41) is 9.99. The molecule has 1 atom stereocenters. The summed E-state index contributed by atoms with van der Waals surface area (Å²) in [5.74, 6) is 0.467. The van der Waals surface area contributed by atoms with Crippen LogP contribution in [0.2, 0.25) is 0 Å². The first-order chi connectivity index (χ1) is 17.5. The predicted octanol–water partition coefficient (Wildman–Crippen LogP) is 6.73. The number of esters is 2. The number of phenols is 1. The van der Waals surface area contributed by atoms with E-state index in [0.717, 1.165) is 37.7 Å². The van der Waals surface area contributed by atoms with Crippen molar-refractivity contribution in [2.75, 3.05) is 6.61 Å². The van der Waals surface area contributed by atoms with Gasteiger partial charge in [0.25, 0.3) is 0 Å². The van der Waals surface area contributed by atoms with Crippen LogP contribution in [-0.4, -0.2) is 29.8 Å². The number of para-hydroxylation sites is 1. The van der Waals surface area contributed by atoms with Crippen molar-refractivity contribution in [1.82, 2.24) is 0 Å². The van der Waals surface area contributed by atoms with Gasteiger partial charge < -0.3 is 19.3 Å². The molecule has 6 nitrogen and oxygen atoms in total. The van der Waals surface area contributed by atoms with Crippen molar-refractivity contribution in [3.63, 3.8) is 0 Å². The summed E-state index contributed by atoms with van der Waals surface area (Å²) in [5.41, 5.74) is 1.97. The summed E-state index contributed by atoms with van der Waals surface area (Å²) in [4.78, 5) is 23.8. The largest absolute Gasteiger partial charge is 0.507 e. The highest BCUT2D eigenvalue weighted by molar-refractivity contribution is 5.91. The van der Waals surface area contributed by atoms with E-state index in [1.165, 1.54) is 6.08 Å². The standard InChI is InChI=1S/C30H32O6/c1-3-24(35-29(32)4-2)10-6-5-9-21-34-25-17-15-23(16-18-25)30(33)36-26-19-13-22(14-20-26)27-11-7-8-12-28(27)31/h4,7-8,11-20,24,31H,2-3,5-6,9-10,21H2,1H3. The average Bonchev–Trinajstić information content (AvgIpc) is 2.91. The second-order valence-electron chi connectivity index (χ2n) is 8.32. The van der Waals surface area contributed by atoms with E-state index in [-0.39, 0.29) is 17.8 Å². The van der Waals surface area contributed by atoms with Gasteiger partial charge in [-0.15, -0.1) is 0 Å². The minimum absolute atomic E-state index is 0.0704. The van der Waals surface area contributed by atoms with Gasteiger partial charge in [0.1, 0.15) is 23.4 Å². The average molecular weight is 489 g/mol. The fourth-order valence-electron chi connectivity index (χ4n) is 3.67. The zero-order valence-corrected chi connectivity index (χ0v) is 20.5. The second kappa shape index (κ2) is 13.7. The van der Waals surface area contributed by atoms with Crippen LogP contribution in [0.5, 0.6) is 17.2 Å². The Morgan fingerprint density at radius 2 is 1.61 bits per heavy atom. The lowest BCUT2D eigenvalue weighted by Crippen LogP contribution is -2.15. The molecule has 0 saturated carbocycles. The zero-order chi connectivity index (χ0) is 25.8. The van der Waals surface area contributed by atoms with Crippen molar-refractivity contribution in [2.45, 2.75) is 45.1 Å². The molecule has 0 radical (unpaired) electrons. The van der Waals surface area contributed by atoms with Gasteiger partial charge in [-0.2, -0.15) is 0 Å². The Balaban J connectivity index is 1.40. The summed E-state index contributed by atoms with van der Waals surface area (Å²) in [6.07, 6.45) is 5.53. The third-order valence-corrected chi connectivity index (χ3v) is 5.71. The Morgan fingerprint density at radius 1 is 0.917 bits per heavy atom. The number of rotatable bonds is 13. The van der Waals surface area contributed by atoms with Crippen LogP contribution in [0.1, 0.15) is 49.4 Å². The molecule has 188 valence electrons. The molecule has 3 aromatic carbocycles. The molecule has 3 rings (SSSR count). The maximum Gasteiger partial charge on any atom is 0.343 e. The first-order valence-electron chi connectivity index (χ1n) is 12.2. The molecule has 6 heteroatoms. The molecule has 0 amide bonds. The van der Waals surface area contributed by atoms with E-state index in [2.05, 4.69) is 6.58 Å². The summed E-state index contributed by atoms with van der Waals surface area (Å²) in [7, 11) is 0. The Morgan fingerprint density at radius 3 is 2.28 bits per heavy atom. The molecule has 0 bridgehead atoms. The highest BCUT2D eigenvalue weighted by Gasteiger charge is 2.11. The Hall–Kier alpha value is -4.06. The highest BCUT2D eigenvalue weighted by atomic mass is 16.5. The molecule has 1 unspecified atom stereocenters. The van der Waals surface area contributed by atoms with Crippen LogP contribution in [0.25, 0.3) is 11.1 Å². The number of unbranched alkanes of at least 4 members (excludes halogenated alkanes) is 2. The SMILES string of the molecule is C=CC(=O)OC(CC)CCCCCOc1ccc(C(=O)Oc2ccc(-c3ccccc3O)cc2)cc1. The van der Waals surface area contributed by atoms with Gasteiger partial charge in [-0.05, 0) is 80.1 Å². The van der Waals surface area contributed by atoms with Crippen LogP contribution < -0.4 is 9.47 Å². The summed E-state index contributed by atoms with van der Waals surface area (Å²) >= 11 is 0. The first-order valence-corrected chi connectivity index (χ1v) is 12.2. The van der Waals surface area contributed by atoms with Crippen molar-refractivity contribution < 1.29 is 28.9 Å². The van der Waals surface area contributed by atoms with Crippen LogP contribution in [0.15, 0.2) is 85.5 Å². The Kier molecular flexibility index (Phi) is 10.1. The summed E-state index contributed by atoms with van der Waals surface area (Å²) in [6.45, 7) is 5.99. The van der Waals surface area contributed by atoms with Crippen molar-refractivity contribution in [1.29, 1.82) is 0 Å². The van der Waals surface area contributed by atoms with Crippen molar-refractivity contribution in [3.05, 3.63) is 91.0 Å². The van der Waals surface area contributed by atoms with Gasteiger partial charge in [0.05, 0.1) is 12.2 Å². The zero-order valence-electron chi connectivity index (χ0n) is 20.5. The minimum Gasteiger partial charge on any atom is -0.507 e. The molecule has 36 heavy (non-hydrogen) atoms. The normalized spacial score (nSPS) is 11.4. The van der Waals surface area contributed by atoms with Crippen molar-refractivity contribution in [2.24, 2.45) is 0 Å². The summed E-state index contributed by atoms with van der Waals surface area (Å²) in [6, 6.07) is 20.9. The van der Waals surface area contributed by atoms with E-state index in [9.17, 15) is 14.7 Å². The molecule has 0 spiro atoms. The third kappa shape index (κ3) is 8.01. The lowest BCUT2D eigenvalue weighted by atomic mass is 10.0. The number of carbonyl (C=O) groups is 2. The maximum atomic E-state index is 12.5. The van der Waals surface area contributed by atoms with Gasteiger partial charge in [-0.1, -0.05) is 43.8 Å². The van der Waals surface area contributed by atoms with Crippen molar-refractivity contribution >= 4 is 11.9 Å². The quantitative estimate of drug-likeness (QED) is 0.124. The van der Waals surface area contributed by atoms with Crippen LogP contribution in [0.3, 0.4) is 0 Å². The van der Waals surface area contributed by atoms with Gasteiger partial charge in [0.15, 0.2) is 0 Å². The molecular formula is C30H32O6. The number of hydrogen-bond donors (Lipinski definition) is 1. The van der Waals surface area contributed by atoms with E-state index in [1.807, 2.05) is 19.1 Å². The van der Waals surface area contributed by atoms with E-state index >= 15 is 0 Å².